The van der Waals surface area contributed by atoms with Crippen molar-refractivity contribution in [2.24, 2.45) is 28.6 Å². The first-order chi connectivity index (χ1) is 17.6. The monoisotopic (exact) mass is 478 g/mol. The lowest BCUT2D eigenvalue weighted by Crippen LogP contribution is -2.51. The van der Waals surface area contributed by atoms with Crippen molar-refractivity contribution in [2.75, 3.05) is 0 Å². The number of benzene rings is 1. The molecule has 0 radical (unpaired) electrons. The number of para-hydroxylation sites is 2. The van der Waals surface area contributed by atoms with Crippen LogP contribution in [0.1, 0.15) is 64.4 Å². The van der Waals surface area contributed by atoms with Crippen molar-refractivity contribution in [3.8, 4) is 0 Å². The van der Waals surface area contributed by atoms with Crippen molar-refractivity contribution in [1.29, 1.82) is 0 Å². The van der Waals surface area contributed by atoms with Gasteiger partial charge in [-0.25, -0.2) is 4.98 Å². The van der Waals surface area contributed by atoms with Gasteiger partial charge in [0.05, 0.1) is 11.0 Å². The van der Waals surface area contributed by atoms with E-state index in [0.29, 0.717) is 11.5 Å². The minimum Gasteiger partial charge on any atom is -0.310 e. The molecule has 0 bridgehead atoms. The van der Waals surface area contributed by atoms with Crippen molar-refractivity contribution >= 4 is 16.7 Å². The van der Waals surface area contributed by atoms with Crippen LogP contribution < -0.4 is 5.32 Å². The predicted molar refractivity (Wildman–Crippen MR) is 146 cm³/mol. The van der Waals surface area contributed by atoms with E-state index in [2.05, 4.69) is 83.6 Å². The molecule has 3 aromatic rings. The van der Waals surface area contributed by atoms with Crippen LogP contribution in [0.2, 0.25) is 0 Å². The smallest absolute Gasteiger partial charge is 0.100 e. The van der Waals surface area contributed by atoms with Crippen LogP contribution in [0.4, 0.5) is 0 Å². The summed E-state index contributed by atoms with van der Waals surface area (Å²) in [6.45, 7) is 6.12. The highest BCUT2D eigenvalue weighted by Crippen LogP contribution is 2.65. The zero-order valence-corrected chi connectivity index (χ0v) is 21.7. The SMILES string of the molecule is C[C@]12CC[C@H](NCc3ccncc3)CC1=CC[C@@H]1[C@@H]2CC[C@]2(C)C(n3cnc4ccccc43)=CC[C@@H]12. The topological polar surface area (TPSA) is 42.7 Å². The molecule has 2 heterocycles. The highest BCUT2D eigenvalue weighted by atomic mass is 15.1. The van der Waals surface area contributed by atoms with Gasteiger partial charge in [-0.1, -0.05) is 43.7 Å². The molecule has 0 unspecified atom stereocenters. The van der Waals surface area contributed by atoms with Gasteiger partial charge in [-0.15, -0.1) is 0 Å². The minimum atomic E-state index is 0.246. The molecule has 186 valence electrons. The fourth-order valence-electron chi connectivity index (χ4n) is 8.67. The summed E-state index contributed by atoms with van der Waals surface area (Å²) in [6, 6.07) is 13.4. The molecule has 1 aromatic carbocycles. The Kier molecular flexibility index (Phi) is 5.25. The van der Waals surface area contributed by atoms with E-state index in [4.69, 9.17) is 4.98 Å². The van der Waals surface area contributed by atoms with Gasteiger partial charge in [0.15, 0.2) is 0 Å². The van der Waals surface area contributed by atoms with Crippen molar-refractivity contribution in [2.45, 2.75) is 71.4 Å². The molecule has 2 aromatic heterocycles. The average Bonchev–Trinajstić information content (AvgIpc) is 3.48. The fraction of sp³-hybridized carbons (Fsp3) is 0.500. The summed E-state index contributed by atoms with van der Waals surface area (Å²) in [5.41, 5.74) is 7.56. The van der Waals surface area contributed by atoms with Crippen molar-refractivity contribution < 1.29 is 0 Å². The van der Waals surface area contributed by atoms with Gasteiger partial charge in [0.2, 0.25) is 0 Å². The maximum Gasteiger partial charge on any atom is 0.100 e. The lowest BCUT2D eigenvalue weighted by Gasteiger charge is -2.58. The largest absolute Gasteiger partial charge is 0.310 e. The van der Waals surface area contributed by atoms with E-state index < -0.39 is 0 Å². The first kappa shape index (κ1) is 22.5. The first-order valence-corrected chi connectivity index (χ1v) is 14.0. The standard InChI is InChI=1S/C32H38N4/c1-31-15-11-24(34-20-22-13-17-33-18-14-22)19-23(31)7-8-25-26-9-10-30(32(26,2)16-12-27(25)31)36-21-35-28-5-3-4-6-29(28)36/h3-7,10,13-14,17-18,21,24-27,34H,8-9,11-12,15-16,19-20H2,1-2H3/t24-,25-,26-,27-,31-,32-/m0/s1. The third-order valence-electron chi connectivity index (χ3n) is 10.7. The van der Waals surface area contributed by atoms with Gasteiger partial charge in [0, 0.05) is 36.1 Å². The van der Waals surface area contributed by atoms with Crippen molar-refractivity contribution in [3.63, 3.8) is 0 Å². The van der Waals surface area contributed by atoms with E-state index in [-0.39, 0.29) is 5.41 Å². The number of pyridine rings is 1. The van der Waals surface area contributed by atoms with Gasteiger partial charge in [0.25, 0.3) is 0 Å². The van der Waals surface area contributed by atoms with E-state index in [1.807, 2.05) is 12.4 Å². The number of aromatic nitrogens is 3. The molecule has 2 fully saturated rings. The van der Waals surface area contributed by atoms with Gasteiger partial charge in [-0.3, -0.25) is 4.98 Å². The van der Waals surface area contributed by atoms with Gasteiger partial charge < -0.3 is 9.88 Å². The molecule has 4 nitrogen and oxygen atoms in total. The first-order valence-electron chi connectivity index (χ1n) is 14.0. The molecule has 2 saturated carbocycles. The summed E-state index contributed by atoms with van der Waals surface area (Å²) < 4.78 is 2.40. The number of nitrogens with zero attached hydrogens (tertiary/aromatic N) is 3. The molecule has 0 spiro atoms. The lowest BCUT2D eigenvalue weighted by molar-refractivity contribution is -0.0138. The quantitative estimate of drug-likeness (QED) is 0.410. The van der Waals surface area contributed by atoms with E-state index in [9.17, 15) is 0 Å². The average molecular weight is 479 g/mol. The van der Waals surface area contributed by atoms with E-state index in [1.165, 1.54) is 61.7 Å². The number of fused-ring (bicyclic) bond motifs is 6. The van der Waals surface area contributed by atoms with E-state index >= 15 is 0 Å². The molecule has 0 aliphatic heterocycles. The van der Waals surface area contributed by atoms with Gasteiger partial charge in [-0.2, -0.15) is 0 Å². The zero-order chi connectivity index (χ0) is 24.3. The normalized spacial score (nSPS) is 35.5. The third kappa shape index (κ3) is 3.37. The van der Waals surface area contributed by atoms with E-state index in [1.54, 1.807) is 5.57 Å². The summed E-state index contributed by atoms with van der Waals surface area (Å²) >= 11 is 0. The zero-order valence-electron chi connectivity index (χ0n) is 21.7. The molecule has 4 aliphatic rings. The van der Waals surface area contributed by atoms with Crippen LogP contribution in [0.3, 0.4) is 0 Å². The molecule has 1 N–H and O–H groups in total. The Hall–Kier alpha value is -2.72. The molecule has 0 amide bonds. The number of nitrogens with one attached hydrogen (secondary N) is 1. The van der Waals surface area contributed by atoms with Crippen LogP contribution in [-0.4, -0.2) is 20.6 Å². The van der Waals surface area contributed by atoms with E-state index in [0.717, 1.165) is 29.8 Å². The Labute approximate surface area is 214 Å². The van der Waals surface area contributed by atoms with Crippen molar-refractivity contribution in [3.05, 3.63) is 78.4 Å². The Morgan fingerprint density at radius 2 is 1.78 bits per heavy atom. The minimum absolute atomic E-state index is 0.246. The molecule has 4 aliphatic carbocycles. The number of hydrogen-bond acceptors (Lipinski definition) is 3. The second kappa shape index (κ2) is 8.41. The van der Waals surface area contributed by atoms with Crippen LogP contribution in [0.15, 0.2) is 72.8 Å². The third-order valence-corrected chi connectivity index (χ3v) is 10.7. The lowest BCUT2D eigenvalue weighted by atomic mass is 9.47. The Morgan fingerprint density at radius 3 is 2.67 bits per heavy atom. The molecule has 7 rings (SSSR count). The van der Waals surface area contributed by atoms with Gasteiger partial charge in [0.1, 0.15) is 6.33 Å². The molecular weight excluding hydrogens is 440 g/mol. The maximum atomic E-state index is 4.72. The van der Waals surface area contributed by atoms with Crippen LogP contribution in [0, 0.1) is 28.6 Å². The maximum absolute atomic E-state index is 4.72. The van der Waals surface area contributed by atoms with Crippen LogP contribution in [-0.2, 0) is 6.54 Å². The Bertz CT molecular complexity index is 1340. The second-order valence-electron chi connectivity index (χ2n) is 12.3. The summed E-state index contributed by atoms with van der Waals surface area (Å²) in [4.78, 5) is 8.88. The molecule has 4 heteroatoms. The summed E-state index contributed by atoms with van der Waals surface area (Å²) in [5, 5.41) is 3.85. The van der Waals surface area contributed by atoms with Crippen LogP contribution in [0.5, 0.6) is 0 Å². The van der Waals surface area contributed by atoms with Gasteiger partial charge >= 0.3 is 0 Å². The number of hydrogen-bond donors (Lipinski definition) is 1. The fourth-order valence-corrected chi connectivity index (χ4v) is 8.67. The number of allylic oxidation sites excluding steroid dienone is 3. The Balaban J connectivity index is 1.11. The van der Waals surface area contributed by atoms with Crippen molar-refractivity contribution in [1.82, 2.24) is 19.9 Å². The molecule has 6 atom stereocenters. The molecule has 36 heavy (non-hydrogen) atoms. The summed E-state index contributed by atoms with van der Waals surface area (Å²) in [7, 11) is 0. The summed E-state index contributed by atoms with van der Waals surface area (Å²) in [5.74, 6) is 2.36. The molecule has 0 saturated heterocycles. The Morgan fingerprint density at radius 1 is 0.944 bits per heavy atom. The number of rotatable bonds is 4. The molecular formula is C32H38N4. The highest BCUT2D eigenvalue weighted by Gasteiger charge is 2.57. The second-order valence-corrected chi connectivity index (χ2v) is 12.3. The number of imidazole rings is 1. The predicted octanol–water partition coefficient (Wildman–Crippen LogP) is 7.00. The summed E-state index contributed by atoms with van der Waals surface area (Å²) in [6.07, 6.45) is 20.1. The van der Waals surface area contributed by atoms with Crippen LogP contribution >= 0.6 is 0 Å². The highest BCUT2D eigenvalue weighted by molar-refractivity contribution is 5.80. The van der Waals surface area contributed by atoms with Gasteiger partial charge in [-0.05, 0) is 97.9 Å². The van der Waals surface area contributed by atoms with Crippen LogP contribution in [0.25, 0.3) is 16.7 Å².